The number of rotatable bonds is 2. The monoisotopic (exact) mass is 135 g/mol. The van der Waals surface area contributed by atoms with Crippen LogP contribution in [0.15, 0.2) is 34.3 Å². The topological polar surface area (TPSA) is 50.7 Å². The van der Waals surface area contributed by atoms with E-state index in [-0.39, 0.29) is 0 Å². The van der Waals surface area contributed by atoms with Gasteiger partial charge in [0, 0.05) is 6.08 Å². The summed E-state index contributed by atoms with van der Waals surface area (Å²) >= 11 is 0. The third kappa shape index (κ3) is 3.44. The van der Waals surface area contributed by atoms with Gasteiger partial charge in [-0.1, -0.05) is 17.2 Å². The molecule has 0 aromatic heterocycles. The summed E-state index contributed by atoms with van der Waals surface area (Å²) in [6, 6.07) is 0. The molecule has 0 bridgehead atoms. The lowest BCUT2D eigenvalue weighted by atomic mass is 10.4. The van der Waals surface area contributed by atoms with E-state index in [1.807, 2.05) is 6.92 Å². The van der Waals surface area contributed by atoms with Gasteiger partial charge in [-0.05, 0) is 13.0 Å². The average molecular weight is 135 g/mol. The highest BCUT2D eigenvalue weighted by atomic mass is 15.3. The van der Waals surface area contributed by atoms with Gasteiger partial charge in [0.25, 0.3) is 0 Å². The van der Waals surface area contributed by atoms with Gasteiger partial charge in [0.2, 0.25) is 0 Å². The van der Waals surface area contributed by atoms with E-state index in [2.05, 4.69) is 16.3 Å². The second-order valence-electron chi connectivity index (χ2n) is 1.45. The van der Waals surface area contributed by atoms with E-state index in [1.165, 1.54) is 6.08 Å². The van der Waals surface area contributed by atoms with E-state index in [0.29, 0.717) is 5.70 Å². The molecular weight excluding hydrogens is 126 g/mol. The molecule has 0 spiro atoms. The number of hydrogen-bond donors (Lipinski definition) is 1. The molecule has 0 aliphatic rings. The van der Waals surface area contributed by atoms with Crippen molar-refractivity contribution in [3.63, 3.8) is 0 Å². The van der Waals surface area contributed by atoms with Crippen LogP contribution in [-0.4, -0.2) is 0 Å². The van der Waals surface area contributed by atoms with Crippen molar-refractivity contribution in [2.45, 2.75) is 6.92 Å². The Bertz CT molecular complexity index is 191. The van der Waals surface area contributed by atoms with Crippen LogP contribution in [0.5, 0.6) is 0 Å². The molecule has 0 aromatic carbocycles. The first-order chi connectivity index (χ1) is 4.85. The molecule has 0 saturated carbocycles. The Hall–Kier alpha value is -1.56. The SMILES string of the molecule is C#C/C=C(\C=C/C)/N=N/N. The van der Waals surface area contributed by atoms with Gasteiger partial charge in [-0.3, -0.25) is 0 Å². The minimum absolute atomic E-state index is 0.576. The lowest BCUT2D eigenvalue weighted by molar-refractivity contribution is 1.03. The van der Waals surface area contributed by atoms with Crippen LogP contribution in [-0.2, 0) is 0 Å². The van der Waals surface area contributed by atoms with Crippen LogP contribution in [0.3, 0.4) is 0 Å². The summed E-state index contributed by atoms with van der Waals surface area (Å²) in [6.45, 7) is 1.86. The third-order valence-corrected chi connectivity index (χ3v) is 0.742. The van der Waals surface area contributed by atoms with Crippen molar-refractivity contribution in [2.24, 2.45) is 16.2 Å². The van der Waals surface area contributed by atoms with Crippen LogP contribution >= 0.6 is 0 Å². The zero-order chi connectivity index (χ0) is 7.82. The van der Waals surface area contributed by atoms with E-state index in [4.69, 9.17) is 12.3 Å². The summed E-state index contributed by atoms with van der Waals surface area (Å²) in [5.41, 5.74) is 0.576. The van der Waals surface area contributed by atoms with Crippen LogP contribution in [0.2, 0.25) is 0 Å². The molecule has 10 heavy (non-hydrogen) atoms. The lowest BCUT2D eigenvalue weighted by Crippen LogP contribution is -1.76. The van der Waals surface area contributed by atoms with E-state index in [1.54, 1.807) is 12.2 Å². The first-order valence-corrected chi connectivity index (χ1v) is 2.75. The van der Waals surface area contributed by atoms with Crippen molar-refractivity contribution < 1.29 is 0 Å². The molecule has 3 heteroatoms. The van der Waals surface area contributed by atoms with Gasteiger partial charge in [0.15, 0.2) is 0 Å². The molecule has 52 valence electrons. The van der Waals surface area contributed by atoms with Crippen LogP contribution < -0.4 is 5.84 Å². The van der Waals surface area contributed by atoms with E-state index >= 15 is 0 Å². The summed E-state index contributed by atoms with van der Waals surface area (Å²) in [5.74, 6) is 7.12. The van der Waals surface area contributed by atoms with Crippen LogP contribution in [0.4, 0.5) is 0 Å². The van der Waals surface area contributed by atoms with Gasteiger partial charge in [-0.25, -0.2) is 0 Å². The molecule has 0 atom stereocenters. The maximum Gasteiger partial charge on any atom is 0.0953 e. The second kappa shape index (κ2) is 5.57. The third-order valence-electron chi connectivity index (χ3n) is 0.742. The summed E-state index contributed by atoms with van der Waals surface area (Å²) < 4.78 is 0. The van der Waals surface area contributed by atoms with Gasteiger partial charge < -0.3 is 5.84 Å². The maximum atomic E-state index is 4.99. The van der Waals surface area contributed by atoms with E-state index < -0.39 is 0 Å². The van der Waals surface area contributed by atoms with Crippen LogP contribution in [0, 0.1) is 12.3 Å². The molecule has 0 saturated heterocycles. The molecule has 0 heterocycles. The fourth-order valence-electron chi connectivity index (χ4n) is 0.433. The number of terminal acetylenes is 1. The molecule has 0 rings (SSSR count). The van der Waals surface area contributed by atoms with Gasteiger partial charge in [0.05, 0.1) is 5.70 Å². The van der Waals surface area contributed by atoms with E-state index in [9.17, 15) is 0 Å². The van der Waals surface area contributed by atoms with Crippen molar-refractivity contribution >= 4 is 0 Å². The number of allylic oxidation sites excluding steroid dienone is 3. The maximum absolute atomic E-state index is 4.99. The van der Waals surface area contributed by atoms with Crippen molar-refractivity contribution in [2.75, 3.05) is 0 Å². The summed E-state index contributed by atoms with van der Waals surface area (Å²) in [7, 11) is 0. The fourth-order valence-corrected chi connectivity index (χ4v) is 0.433. The van der Waals surface area contributed by atoms with Crippen molar-refractivity contribution in [3.8, 4) is 12.3 Å². The molecule has 0 aliphatic heterocycles. The average Bonchev–Trinajstić information content (AvgIpc) is 1.90. The predicted octanol–water partition coefficient (Wildman–Crippen LogP) is 1.41. The normalized spacial score (nSPS) is 12.6. The number of nitrogens with zero attached hydrogens (tertiary/aromatic N) is 2. The molecule has 0 aromatic rings. The molecule has 3 nitrogen and oxygen atoms in total. The standard InChI is InChI=1S/C7H9N3/c1-3-5-7(6-4-2)9-10-8/h1,4-6H,2H3,(H2,8,9)/b6-4-,7-5+. The van der Waals surface area contributed by atoms with Crippen molar-refractivity contribution in [1.29, 1.82) is 0 Å². The molecule has 2 N–H and O–H groups in total. The Labute approximate surface area is 60.3 Å². The smallest absolute Gasteiger partial charge is 0.0953 e. The first-order valence-electron chi connectivity index (χ1n) is 2.75. The highest BCUT2D eigenvalue weighted by Crippen LogP contribution is 1.97. The number of nitrogens with two attached hydrogens (primary N) is 1. The van der Waals surface area contributed by atoms with Crippen molar-refractivity contribution in [1.82, 2.24) is 0 Å². The predicted molar refractivity (Wildman–Crippen MR) is 40.8 cm³/mol. The summed E-state index contributed by atoms with van der Waals surface area (Å²) in [6.07, 6.45) is 9.99. The Kier molecular flexibility index (Phi) is 4.70. The lowest BCUT2D eigenvalue weighted by Gasteiger charge is -1.84. The Morgan fingerprint density at radius 3 is 2.80 bits per heavy atom. The van der Waals surface area contributed by atoms with Gasteiger partial charge in [-0.15, -0.1) is 11.5 Å². The number of hydrogen-bond acceptors (Lipinski definition) is 2. The van der Waals surface area contributed by atoms with Crippen LogP contribution in [0.25, 0.3) is 0 Å². The quantitative estimate of drug-likeness (QED) is 0.201. The summed E-state index contributed by atoms with van der Waals surface area (Å²) in [4.78, 5) is 0. The molecule has 0 unspecified atom stereocenters. The molecular formula is C7H9N3. The first kappa shape index (κ1) is 8.44. The van der Waals surface area contributed by atoms with Gasteiger partial charge >= 0.3 is 0 Å². The minimum atomic E-state index is 0.576. The van der Waals surface area contributed by atoms with Crippen molar-refractivity contribution in [3.05, 3.63) is 23.9 Å². The van der Waals surface area contributed by atoms with Crippen LogP contribution in [0.1, 0.15) is 6.92 Å². The highest BCUT2D eigenvalue weighted by molar-refractivity contribution is 5.24. The second-order valence-corrected chi connectivity index (χ2v) is 1.45. The summed E-state index contributed by atoms with van der Waals surface area (Å²) in [5, 5.41) is 6.62. The zero-order valence-electron chi connectivity index (χ0n) is 5.78. The Morgan fingerprint density at radius 1 is 1.70 bits per heavy atom. The Morgan fingerprint density at radius 2 is 2.40 bits per heavy atom. The fraction of sp³-hybridized carbons (Fsp3) is 0.143. The van der Waals surface area contributed by atoms with E-state index in [0.717, 1.165) is 0 Å². The molecule has 0 radical (unpaired) electrons. The largest absolute Gasteiger partial charge is 0.305 e. The Balaban J connectivity index is 4.30. The minimum Gasteiger partial charge on any atom is -0.305 e. The molecule has 0 amide bonds. The molecule has 0 aliphatic carbocycles. The zero-order valence-corrected chi connectivity index (χ0v) is 5.78. The molecule has 0 fully saturated rings. The van der Waals surface area contributed by atoms with Gasteiger partial charge in [0.1, 0.15) is 0 Å². The highest BCUT2D eigenvalue weighted by Gasteiger charge is 1.82. The van der Waals surface area contributed by atoms with Gasteiger partial charge in [-0.2, -0.15) is 0 Å².